The minimum Gasteiger partial charge on any atom is -0.344 e. The molecule has 1 aromatic heterocycles. The highest BCUT2D eigenvalue weighted by Crippen LogP contribution is 2.25. The van der Waals surface area contributed by atoms with E-state index in [1.54, 1.807) is 21.0 Å². The maximum atomic E-state index is 12.4. The predicted molar refractivity (Wildman–Crippen MR) is 98.0 cm³/mol. The van der Waals surface area contributed by atoms with Gasteiger partial charge in [-0.3, -0.25) is 14.9 Å². The van der Waals surface area contributed by atoms with Crippen molar-refractivity contribution in [1.29, 1.82) is 0 Å². The van der Waals surface area contributed by atoms with Gasteiger partial charge in [0.25, 0.3) is 11.8 Å². The summed E-state index contributed by atoms with van der Waals surface area (Å²) >= 11 is 1.19. The molecule has 24 heavy (non-hydrogen) atoms. The molecule has 1 N–H and O–H groups in total. The Morgan fingerprint density at radius 2 is 1.71 bits per heavy atom. The van der Waals surface area contributed by atoms with E-state index in [1.807, 2.05) is 24.3 Å². The van der Waals surface area contributed by atoms with Crippen LogP contribution >= 0.6 is 11.3 Å². The molecule has 0 radical (unpaired) electrons. The maximum Gasteiger partial charge on any atom is 0.265 e. The molecule has 0 aliphatic rings. The van der Waals surface area contributed by atoms with E-state index in [0.29, 0.717) is 21.3 Å². The van der Waals surface area contributed by atoms with Crippen molar-refractivity contribution in [3.05, 3.63) is 46.0 Å². The number of aromatic nitrogens is 1. The van der Waals surface area contributed by atoms with Crippen molar-refractivity contribution >= 4 is 28.3 Å². The number of amides is 2. The summed E-state index contributed by atoms with van der Waals surface area (Å²) in [7, 11) is 3.38. The number of hydrogen-bond acceptors (Lipinski definition) is 4. The molecule has 0 bridgehead atoms. The minimum absolute atomic E-state index is 0.0445. The quantitative estimate of drug-likeness (QED) is 0.922. The smallest absolute Gasteiger partial charge is 0.265 e. The van der Waals surface area contributed by atoms with Crippen LogP contribution in [0.25, 0.3) is 0 Å². The van der Waals surface area contributed by atoms with Gasteiger partial charge in [0.15, 0.2) is 5.13 Å². The molecule has 2 rings (SSSR count). The molecule has 0 aliphatic carbocycles. The molecular weight excluding hydrogens is 322 g/mol. The highest BCUT2D eigenvalue weighted by atomic mass is 32.1. The molecule has 1 heterocycles. The molecule has 5 nitrogen and oxygen atoms in total. The van der Waals surface area contributed by atoms with E-state index in [2.05, 4.69) is 31.1 Å². The number of carbonyl (C=O) groups excluding carboxylic acids is 2. The lowest BCUT2D eigenvalue weighted by atomic mass is 9.87. The number of thiazole rings is 1. The van der Waals surface area contributed by atoms with Crippen LogP contribution in [0.15, 0.2) is 24.3 Å². The van der Waals surface area contributed by atoms with Crippen molar-refractivity contribution in [3.8, 4) is 0 Å². The van der Waals surface area contributed by atoms with Crippen molar-refractivity contribution in [2.75, 3.05) is 19.4 Å². The van der Waals surface area contributed by atoms with Gasteiger partial charge in [0.1, 0.15) is 4.88 Å². The fourth-order valence-corrected chi connectivity index (χ4v) is 3.13. The van der Waals surface area contributed by atoms with E-state index in [-0.39, 0.29) is 17.2 Å². The van der Waals surface area contributed by atoms with E-state index in [1.165, 1.54) is 21.8 Å². The second kappa shape index (κ2) is 6.73. The average Bonchev–Trinajstić information content (AvgIpc) is 2.86. The molecule has 0 saturated carbocycles. The average molecular weight is 345 g/mol. The van der Waals surface area contributed by atoms with Crippen molar-refractivity contribution in [3.63, 3.8) is 0 Å². The van der Waals surface area contributed by atoms with Crippen molar-refractivity contribution in [1.82, 2.24) is 9.88 Å². The van der Waals surface area contributed by atoms with E-state index in [4.69, 9.17) is 0 Å². The first-order valence-corrected chi connectivity index (χ1v) is 8.52. The van der Waals surface area contributed by atoms with Crippen molar-refractivity contribution in [2.24, 2.45) is 0 Å². The first kappa shape index (κ1) is 18.1. The Balaban J connectivity index is 2.15. The van der Waals surface area contributed by atoms with Crippen molar-refractivity contribution < 1.29 is 9.59 Å². The lowest BCUT2D eigenvalue weighted by Gasteiger charge is -2.18. The largest absolute Gasteiger partial charge is 0.344 e. The SMILES string of the molecule is Cc1nc(NC(=O)c2ccc(C(C)(C)C)cc2)sc1C(=O)N(C)C. The normalized spacial score (nSPS) is 11.2. The fourth-order valence-electron chi connectivity index (χ4n) is 2.14. The lowest BCUT2D eigenvalue weighted by molar-refractivity contribution is 0.0831. The Bertz CT molecular complexity index is 756. The summed E-state index contributed by atoms with van der Waals surface area (Å²) in [5.41, 5.74) is 2.40. The third-order valence-electron chi connectivity index (χ3n) is 3.63. The van der Waals surface area contributed by atoms with Gasteiger partial charge in [-0.1, -0.05) is 44.2 Å². The summed E-state index contributed by atoms with van der Waals surface area (Å²) in [5.74, 6) is -0.340. The summed E-state index contributed by atoms with van der Waals surface area (Å²) in [5, 5.41) is 3.20. The molecule has 6 heteroatoms. The Kier molecular flexibility index (Phi) is 5.08. The first-order valence-electron chi connectivity index (χ1n) is 7.70. The van der Waals surface area contributed by atoms with Gasteiger partial charge in [-0.15, -0.1) is 0 Å². The van der Waals surface area contributed by atoms with Crippen LogP contribution in [0, 0.1) is 6.92 Å². The van der Waals surface area contributed by atoms with Crippen LogP contribution in [0.3, 0.4) is 0 Å². The number of anilines is 1. The van der Waals surface area contributed by atoms with Crippen LogP contribution in [0.5, 0.6) is 0 Å². The van der Waals surface area contributed by atoms with E-state index < -0.39 is 0 Å². The molecule has 0 aliphatic heterocycles. The van der Waals surface area contributed by atoms with Crippen LogP contribution in [0.1, 0.15) is 52.1 Å². The molecule has 0 spiro atoms. The van der Waals surface area contributed by atoms with Crippen molar-refractivity contribution in [2.45, 2.75) is 33.1 Å². The van der Waals surface area contributed by atoms with Gasteiger partial charge >= 0.3 is 0 Å². The topological polar surface area (TPSA) is 62.3 Å². The predicted octanol–water partition coefficient (Wildman–Crippen LogP) is 3.70. The van der Waals surface area contributed by atoms with Crippen LogP contribution in [-0.2, 0) is 5.41 Å². The monoisotopic (exact) mass is 345 g/mol. The second-order valence-corrected chi connectivity index (χ2v) is 7.91. The van der Waals surface area contributed by atoms with Crippen LogP contribution in [0.4, 0.5) is 5.13 Å². The Morgan fingerprint density at radius 3 is 2.21 bits per heavy atom. The first-order chi connectivity index (χ1) is 11.1. The fraction of sp³-hybridized carbons (Fsp3) is 0.389. The summed E-state index contributed by atoms with van der Waals surface area (Å²) in [6, 6.07) is 7.54. The highest BCUT2D eigenvalue weighted by Gasteiger charge is 2.19. The van der Waals surface area contributed by atoms with Crippen LogP contribution in [0.2, 0.25) is 0 Å². The molecule has 2 aromatic rings. The summed E-state index contributed by atoms with van der Waals surface area (Å²) in [6.07, 6.45) is 0. The number of rotatable bonds is 3. The molecule has 2 amide bonds. The molecule has 0 saturated heterocycles. The molecule has 128 valence electrons. The zero-order valence-electron chi connectivity index (χ0n) is 14.9. The number of hydrogen-bond donors (Lipinski definition) is 1. The van der Waals surface area contributed by atoms with Gasteiger partial charge in [-0.05, 0) is 30.0 Å². The summed E-state index contributed by atoms with van der Waals surface area (Å²) < 4.78 is 0. The highest BCUT2D eigenvalue weighted by molar-refractivity contribution is 7.17. The second-order valence-electron chi connectivity index (χ2n) is 6.91. The van der Waals surface area contributed by atoms with Gasteiger partial charge < -0.3 is 4.90 Å². The Morgan fingerprint density at radius 1 is 1.12 bits per heavy atom. The van der Waals surface area contributed by atoms with Crippen LogP contribution < -0.4 is 5.32 Å². The van der Waals surface area contributed by atoms with Crippen LogP contribution in [-0.4, -0.2) is 35.8 Å². The summed E-state index contributed by atoms with van der Waals surface area (Å²) in [6.45, 7) is 8.15. The Hall–Kier alpha value is -2.21. The van der Waals surface area contributed by atoms with Gasteiger partial charge in [0.05, 0.1) is 5.69 Å². The summed E-state index contributed by atoms with van der Waals surface area (Å²) in [4.78, 5) is 30.7. The van der Waals surface area contributed by atoms with Gasteiger partial charge in [0.2, 0.25) is 0 Å². The third kappa shape index (κ3) is 4.00. The third-order valence-corrected chi connectivity index (χ3v) is 4.69. The molecule has 0 unspecified atom stereocenters. The zero-order chi connectivity index (χ0) is 18.1. The number of carbonyl (C=O) groups is 2. The van der Waals surface area contributed by atoms with E-state index in [9.17, 15) is 9.59 Å². The molecular formula is C18H23N3O2S. The number of nitrogens with one attached hydrogen (secondary N) is 1. The van der Waals surface area contributed by atoms with Gasteiger partial charge in [-0.25, -0.2) is 4.98 Å². The van der Waals surface area contributed by atoms with Gasteiger partial charge in [0, 0.05) is 19.7 Å². The number of benzene rings is 1. The molecule has 1 aromatic carbocycles. The Labute approximate surface area is 146 Å². The zero-order valence-corrected chi connectivity index (χ0v) is 15.7. The number of aryl methyl sites for hydroxylation is 1. The van der Waals surface area contributed by atoms with E-state index >= 15 is 0 Å². The minimum atomic E-state index is -0.229. The maximum absolute atomic E-state index is 12.4. The van der Waals surface area contributed by atoms with Gasteiger partial charge in [-0.2, -0.15) is 0 Å². The number of nitrogens with zero attached hydrogens (tertiary/aromatic N) is 2. The molecule has 0 fully saturated rings. The van der Waals surface area contributed by atoms with E-state index in [0.717, 1.165) is 0 Å². The lowest BCUT2D eigenvalue weighted by Crippen LogP contribution is -2.21. The molecule has 0 atom stereocenters. The standard InChI is InChI=1S/C18H23N3O2S/c1-11-14(16(23)21(5)6)24-17(19-11)20-15(22)12-7-9-13(10-8-12)18(2,3)4/h7-10H,1-6H3,(H,19,20,22).